The highest BCUT2D eigenvalue weighted by Crippen LogP contribution is 2.14. The predicted octanol–water partition coefficient (Wildman–Crippen LogP) is 1.17. The van der Waals surface area contributed by atoms with E-state index >= 15 is 0 Å². The van der Waals surface area contributed by atoms with E-state index in [2.05, 4.69) is 10.3 Å². The molecule has 6 nitrogen and oxygen atoms in total. The summed E-state index contributed by atoms with van der Waals surface area (Å²) < 4.78 is 0. The first kappa shape index (κ1) is 11.4. The molecular weight excluding hydrogens is 198 g/mol. The van der Waals surface area contributed by atoms with Crippen LogP contribution in [0.3, 0.4) is 0 Å². The van der Waals surface area contributed by atoms with E-state index in [-0.39, 0.29) is 12.2 Å². The topological polar surface area (TPSA) is 88.3 Å². The van der Waals surface area contributed by atoms with Crippen LogP contribution in [-0.4, -0.2) is 27.2 Å². The van der Waals surface area contributed by atoms with Crippen LogP contribution < -0.4 is 5.32 Å². The number of anilines is 1. The molecule has 0 unspecified atom stereocenters. The van der Waals surface area contributed by atoms with Crippen LogP contribution in [0.2, 0.25) is 0 Å². The first-order valence-electron chi connectivity index (χ1n) is 4.45. The minimum Gasteiger partial charge on any atom is -0.389 e. The van der Waals surface area contributed by atoms with Crippen molar-refractivity contribution >= 4 is 11.5 Å². The van der Waals surface area contributed by atoms with Crippen LogP contribution in [0.1, 0.15) is 13.8 Å². The van der Waals surface area contributed by atoms with Gasteiger partial charge in [-0.25, -0.2) is 4.98 Å². The molecule has 1 rings (SSSR count). The second kappa shape index (κ2) is 4.22. The molecular formula is C9H13N3O3. The standard InChI is InChI=1S/C9H13N3O3/c1-9(2,13)6-11-8-5-7(12(14)15)3-4-10-8/h3-5,13H,6H2,1-2H3,(H,10,11). The third kappa shape index (κ3) is 3.90. The predicted molar refractivity (Wildman–Crippen MR) is 55.7 cm³/mol. The zero-order valence-electron chi connectivity index (χ0n) is 8.60. The third-order valence-corrected chi connectivity index (χ3v) is 1.66. The van der Waals surface area contributed by atoms with Crippen molar-refractivity contribution in [3.8, 4) is 0 Å². The van der Waals surface area contributed by atoms with E-state index in [1.807, 2.05) is 0 Å². The van der Waals surface area contributed by atoms with Crippen LogP contribution >= 0.6 is 0 Å². The number of aliphatic hydroxyl groups is 1. The van der Waals surface area contributed by atoms with Gasteiger partial charge in [0.15, 0.2) is 0 Å². The summed E-state index contributed by atoms with van der Waals surface area (Å²) in [6.45, 7) is 3.55. The Morgan fingerprint density at radius 3 is 2.87 bits per heavy atom. The van der Waals surface area contributed by atoms with Crippen LogP contribution in [0, 0.1) is 10.1 Å². The Morgan fingerprint density at radius 2 is 2.33 bits per heavy atom. The molecule has 0 fully saturated rings. The average Bonchev–Trinajstić information content (AvgIpc) is 2.14. The van der Waals surface area contributed by atoms with E-state index in [0.717, 1.165) is 0 Å². The normalized spacial score (nSPS) is 11.1. The molecule has 0 aliphatic heterocycles. The molecule has 1 heterocycles. The summed E-state index contributed by atoms with van der Waals surface area (Å²) in [6, 6.07) is 2.64. The van der Waals surface area contributed by atoms with Crippen LogP contribution in [0.4, 0.5) is 11.5 Å². The first-order chi connectivity index (χ1) is 6.88. The van der Waals surface area contributed by atoms with E-state index in [0.29, 0.717) is 5.82 Å². The largest absolute Gasteiger partial charge is 0.389 e. The van der Waals surface area contributed by atoms with Crippen LogP contribution in [-0.2, 0) is 0 Å². The summed E-state index contributed by atoms with van der Waals surface area (Å²) in [7, 11) is 0. The Labute approximate surface area is 87.1 Å². The van der Waals surface area contributed by atoms with Crippen molar-refractivity contribution in [2.75, 3.05) is 11.9 Å². The van der Waals surface area contributed by atoms with Gasteiger partial charge in [0.1, 0.15) is 5.82 Å². The lowest BCUT2D eigenvalue weighted by Gasteiger charge is -2.17. The quantitative estimate of drug-likeness (QED) is 0.576. The monoisotopic (exact) mass is 211 g/mol. The van der Waals surface area contributed by atoms with Crippen molar-refractivity contribution < 1.29 is 10.0 Å². The maximum Gasteiger partial charge on any atom is 0.274 e. The molecule has 1 aromatic heterocycles. The van der Waals surface area contributed by atoms with Gasteiger partial charge in [-0.05, 0) is 13.8 Å². The van der Waals surface area contributed by atoms with E-state index in [9.17, 15) is 15.2 Å². The fourth-order valence-electron chi connectivity index (χ4n) is 0.936. The number of rotatable bonds is 4. The van der Waals surface area contributed by atoms with Crippen molar-refractivity contribution in [1.82, 2.24) is 4.98 Å². The summed E-state index contributed by atoms with van der Waals surface area (Å²) in [6.07, 6.45) is 1.35. The molecule has 0 radical (unpaired) electrons. The first-order valence-corrected chi connectivity index (χ1v) is 4.45. The van der Waals surface area contributed by atoms with E-state index in [1.165, 1.54) is 18.3 Å². The van der Waals surface area contributed by atoms with Crippen molar-refractivity contribution in [2.24, 2.45) is 0 Å². The maximum absolute atomic E-state index is 10.5. The molecule has 6 heteroatoms. The van der Waals surface area contributed by atoms with E-state index < -0.39 is 10.5 Å². The lowest BCUT2D eigenvalue weighted by atomic mass is 10.1. The Bertz CT molecular complexity index is 360. The maximum atomic E-state index is 10.5. The molecule has 0 aliphatic carbocycles. The van der Waals surface area contributed by atoms with Gasteiger partial charge in [0.25, 0.3) is 5.69 Å². The van der Waals surface area contributed by atoms with Gasteiger partial charge in [-0.2, -0.15) is 0 Å². The van der Waals surface area contributed by atoms with Crippen LogP contribution in [0.5, 0.6) is 0 Å². The number of pyridine rings is 1. The van der Waals surface area contributed by atoms with Gasteiger partial charge in [-0.3, -0.25) is 10.1 Å². The van der Waals surface area contributed by atoms with Crippen LogP contribution in [0.15, 0.2) is 18.3 Å². The molecule has 15 heavy (non-hydrogen) atoms. The van der Waals surface area contributed by atoms with Gasteiger partial charge in [-0.1, -0.05) is 0 Å². The van der Waals surface area contributed by atoms with Gasteiger partial charge in [0, 0.05) is 18.8 Å². The highest BCUT2D eigenvalue weighted by Gasteiger charge is 2.13. The minimum absolute atomic E-state index is 0.0248. The Kier molecular flexibility index (Phi) is 3.21. The van der Waals surface area contributed by atoms with Gasteiger partial charge in [-0.15, -0.1) is 0 Å². The van der Waals surface area contributed by atoms with E-state index in [1.54, 1.807) is 13.8 Å². The van der Waals surface area contributed by atoms with Crippen molar-refractivity contribution in [2.45, 2.75) is 19.4 Å². The molecule has 0 saturated heterocycles. The SMILES string of the molecule is CC(C)(O)CNc1cc([N+](=O)[O-])ccn1. The zero-order valence-corrected chi connectivity index (χ0v) is 8.60. The smallest absolute Gasteiger partial charge is 0.274 e. The number of aromatic nitrogens is 1. The molecule has 0 amide bonds. The van der Waals surface area contributed by atoms with Gasteiger partial charge >= 0.3 is 0 Å². The van der Waals surface area contributed by atoms with E-state index in [4.69, 9.17) is 0 Å². The highest BCUT2D eigenvalue weighted by molar-refractivity contribution is 5.44. The minimum atomic E-state index is -0.883. The second-order valence-electron chi connectivity index (χ2n) is 3.82. The molecule has 0 spiro atoms. The fraction of sp³-hybridized carbons (Fsp3) is 0.444. The molecule has 82 valence electrons. The number of hydrogen-bond acceptors (Lipinski definition) is 5. The molecule has 0 bridgehead atoms. The van der Waals surface area contributed by atoms with Crippen molar-refractivity contribution in [1.29, 1.82) is 0 Å². The second-order valence-corrected chi connectivity index (χ2v) is 3.82. The summed E-state index contributed by atoms with van der Waals surface area (Å²) in [5, 5.41) is 22.7. The lowest BCUT2D eigenvalue weighted by molar-refractivity contribution is -0.384. The third-order valence-electron chi connectivity index (χ3n) is 1.66. The van der Waals surface area contributed by atoms with Crippen molar-refractivity contribution in [3.63, 3.8) is 0 Å². The highest BCUT2D eigenvalue weighted by atomic mass is 16.6. The zero-order chi connectivity index (χ0) is 11.5. The summed E-state index contributed by atoms with van der Waals surface area (Å²) in [5.41, 5.74) is -0.907. The molecule has 0 aromatic carbocycles. The summed E-state index contributed by atoms with van der Waals surface area (Å²) >= 11 is 0. The Balaban J connectivity index is 2.70. The van der Waals surface area contributed by atoms with Crippen molar-refractivity contribution in [3.05, 3.63) is 28.4 Å². The molecule has 0 aliphatic rings. The summed E-state index contributed by atoms with van der Waals surface area (Å²) in [4.78, 5) is 13.9. The fourth-order valence-corrected chi connectivity index (χ4v) is 0.936. The number of hydrogen-bond donors (Lipinski definition) is 2. The summed E-state index contributed by atoms with van der Waals surface area (Å²) in [5.74, 6) is 0.381. The molecule has 0 saturated carbocycles. The van der Waals surface area contributed by atoms with Gasteiger partial charge in [0.05, 0.1) is 16.6 Å². The molecule has 0 atom stereocenters. The number of nitro groups is 1. The van der Waals surface area contributed by atoms with Gasteiger partial charge < -0.3 is 10.4 Å². The Morgan fingerprint density at radius 1 is 1.67 bits per heavy atom. The lowest BCUT2D eigenvalue weighted by Crippen LogP contribution is -2.29. The molecule has 1 aromatic rings. The van der Waals surface area contributed by atoms with Gasteiger partial charge in [0.2, 0.25) is 0 Å². The van der Waals surface area contributed by atoms with Crippen LogP contribution in [0.25, 0.3) is 0 Å². The Hall–Kier alpha value is -1.69. The molecule has 2 N–H and O–H groups in total. The number of nitrogens with one attached hydrogen (secondary N) is 1. The average molecular weight is 211 g/mol. The number of nitrogens with zero attached hydrogens (tertiary/aromatic N) is 2.